The second-order valence-electron chi connectivity index (χ2n) is 4.87. The van der Waals surface area contributed by atoms with Gasteiger partial charge in [-0.25, -0.2) is 0 Å². The molecule has 0 aliphatic rings. The molecular formula is C18H15N3O2. The van der Waals surface area contributed by atoms with Crippen molar-refractivity contribution in [2.45, 2.75) is 0 Å². The number of ether oxygens (including phenoxy) is 2. The molecule has 0 saturated carbocycles. The van der Waals surface area contributed by atoms with Crippen molar-refractivity contribution in [3.05, 3.63) is 54.2 Å². The summed E-state index contributed by atoms with van der Waals surface area (Å²) in [6.45, 7) is 0. The van der Waals surface area contributed by atoms with Gasteiger partial charge in [-0.2, -0.15) is 5.26 Å². The molecule has 1 aromatic heterocycles. The van der Waals surface area contributed by atoms with Gasteiger partial charge in [-0.15, -0.1) is 0 Å². The second kappa shape index (κ2) is 6.24. The Kier molecular flexibility index (Phi) is 3.98. The second-order valence-corrected chi connectivity index (χ2v) is 4.87. The maximum absolute atomic E-state index is 9.36. The van der Waals surface area contributed by atoms with Gasteiger partial charge in [0.05, 0.1) is 31.0 Å². The van der Waals surface area contributed by atoms with Crippen LogP contribution in [-0.2, 0) is 0 Å². The van der Waals surface area contributed by atoms with Crippen molar-refractivity contribution >= 4 is 22.3 Å². The molecule has 0 aliphatic heterocycles. The molecular weight excluding hydrogens is 290 g/mol. The molecule has 3 aromatic rings. The fraction of sp³-hybridized carbons (Fsp3) is 0.111. The first-order valence-corrected chi connectivity index (χ1v) is 7.03. The van der Waals surface area contributed by atoms with E-state index >= 15 is 0 Å². The third-order valence-corrected chi connectivity index (χ3v) is 3.55. The molecule has 0 radical (unpaired) electrons. The fourth-order valence-corrected chi connectivity index (χ4v) is 2.42. The van der Waals surface area contributed by atoms with Crippen molar-refractivity contribution in [2.24, 2.45) is 0 Å². The van der Waals surface area contributed by atoms with Crippen LogP contribution in [0.1, 0.15) is 5.56 Å². The molecule has 0 fully saturated rings. The van der Waals surface area contributed by atoms with Crippen LogP contribution in [0.4, 0.5) is 11.4 Å². The molecule has 5 nitrogen and oxygen atoms in total. The highest BCUT2D eigenvalue weighted by Gasteiger charge is 2.10. The zero-order valence-electron chi connectivity index (χ0n) is 12.8. The first kappa shape index (κ1) is 14.7. The maximum Gasteiger partial charge on any atom is 0.162 e. The van der Waals surface area contributed by atoms with Gasteiger partial charge >= 0.3 is 0 Å². The lowest BCUT2D eigenvalue weighted by Crippen LogP contribution is -1.98. The van der Waals surface area contributed by atoms with Gasteiger partial charge in [-0.3, -0.25) is 4.98 Å². The van der Waals surface area contributed by atoms with Gasteiger partial charge in [0.15, 0.2) is 11.5 Å². The Morgan fingerprint density at radius 3 is 2.57 bits per heavy atom. The summed E-state index contributed by atoms with van der Waals surface area (Å²) in [5.74, 6) is 1.27. The van der Waals surface area contributed by atoms with Crippen molar-refractivity contribution in [3.63, 3.8) is 0 Å². The van der Waals surface area contributed by atoms with E-state index in [9.17, 15) is 5.26 Å². The Hall–Kier alpha value is -3.26. The molecule has 1 heterocycles. The molecule has 0 bridgehead atoms. The van der Waals surface area contributed by atoms with Crippen molar-refractivity contribution in [2.75, 3.05) is 19.5 Å². The minimum atomic E-state index is 0.485. The quantitative estimate of drug-likeness (QED) is 0.792. The van der Waals surface area contributed by atoms with Crippen molar-refractivity contribution in [3.8, 4) is 17.6 Å². The normalized spacial score (nSPS) is 10.1. The Labute approximate surface area is 134 Å². The number of fused-ring (bicyclic) bond motifs is 1. The van der Waals surface area contributed by atoms with E-state index in [4.69, 9.17) is 9.47 Å². The molecule has 0 saturated heterocycles. The van der Waals surface area contributed by atoms with Crippen LogP contribution in [0.5, 0.6) is 11.5 Å². The molecule has 0 unspecified atom stereocenters. The smallest absolute Gasteiger partial charge is 0.162 e. The lowest BCUT2D eigenvalue weighted by molar-refractivity contribution is 0.355. The number of para-hydroxylation sites is 1. The first-order chi connectivity index (χ1) is 11.3. The topological polar surface area (TPSA) is 67.2 Å². The lowest BCUT2D eigenvalue weighted by atomic mass is 10.1. The molecule has 0 amide bonds. The van der Waals surface area contributed by atoms with Crippen LogP contribution in [-0.4, -0.2) is 19.2 Å². The SMILES string of the molecule is COc1ccc(Nc2c(C#N)cnc3ccccc23)cc1OC. The van der Waals surface area contributed by atoms with E-state index in [0.29, 0.717) is 17.1 Å². The third-order valence-electron chi connectivity index (χ3n) is 3.55. The Balaban J connectivity index is 2.09. The number of methoxy groups -OCH3 is 2. The zero-order chi connectivity index (χ0) is 16.2. The average Bonchev–Trinajstić information content (AvgIpc) is 2.61. The summed E-state index contributed by atoms with van der Waals surface area (Å²) in [6, 6.07) is 15.4. The monoisotopic (exact) mass is 305 g/mol. The number of nitrogens with one attached hydrogen (secondary N) is 1. The predicted molar refractivity (Wildman–Crippen MR) is 89.3 cm³/mol. The van der Waals surface area contributed by atoms with Gasteiger partial charge in [0, 0.05) is 23.3 Å². The summed E-state index contributed by atoms with van der Waals surface area (Å²) in [4.78, 5) is 4.31. The van der Waals surface area contributed by atoms with Gasteiger partial charge < -0.3 is 14.8 Å². The lowest BCUT2D eigenvalue weighted by Gasteiger charge is -2.13. The van der Waals surface area contributed by atoms with Crippen LogP contribution in [0.3, 0.4) is 0 Å². The minimum absolute atomic E-state index is 0.485. The molecule has 2 aromatic carbocycles. The standard InChI is InChI=1S/C18H15N3O2/c1-22-16-8-7-13(9-17(16)23-2)21-18-12(10-19)11-20-15-6-4-3-5-14(15)18/h3-9,11H,1-2H3,(H,20,21). The number of anilines is 2. The van der Waals surface area contributed by atoms with Gasteiger partial charge in [0.1, 0.15) is 6.07 Å². The molecule has 114 valence electrons. The van der Waals surface area contributed by atoms with E-state index in [1.54, 1.807) is 20.4 Å². The van der Waals surface area contributed by atoms with Crippen molar-refractivity contribution in [1.82, 2.24) is 4.98 Å². The summed E-state index contributed by atoms with van der Waals surface area (Å²) >= 11 is 0. The average molecular weight is 305 g/mol. The first-order valence-electron chi connectivity index (χ1n) is 7.03. The summed E-state index contributed by atoms with van der Waals surface area (Å²) in [7, 11) is 3.18. The maximum atomic E-state index is 9.36. The van der Waals surface area contributed by atoms with E-state index in [0.717, 1.165) is 22.3 Å². The summed E-state index contributed by atoms with van der Waals surface area (Å²) in [5.41, 5.74) is 2.84. The molecule has 23 heavy (non-hydrogen) atoms. The number of aromatic nitrogens is 1. The van der Waals surface area contributed by atoms with Gasteiger partial charge in [-0.1, -0.05) is 18.2 Å². The van der Waals surface area contributed by atoms with E-state index in [1.807, 2.05) is 42.5 Å². The summed E-state index contributed by atoms with van der Waals surface area (Å²) in [5, 5.41) is 13.5. The van der Waals surface area contributed by atoms with Crippen LogP contribution in [0.2, 0.25) is 0 Å². The van der Waals surface area contributed by atoms with Crippen molar-refractivity contribution < 1.29 is 9.47 Å². The number of pyridine rings is 1. The molecule has 0 aliphatic carbocycles. The number of nitrogens with zero attached hydrogens (tertiary/aromatic N) is 2. The zero-order valence-corrected chi connectivity index (χ0v) is 12.8. The number of hydrogen-bond donors (Lipinski definition) is 1. The minimum Gasteiger partial charge on any atom is -0.493 e. The third kappa shape index (κ3) is 2.74. The van der Waals surface area contributed by atoms with Gasteiger partial charge in [0.25, 0.3) is 0 Å². The van der Waals surface area contributed by atoms with Crippen LogP contribution < -0.4 is 14.8 Å². The fourth-order valence-electron chi connectivity index (χ4n) is 2.42. The van der Waals surface area contributed by atoms with E-state index in [1.165, 1.54) is 0 Å². The highest BCUT2D eigenvalue weighted by Crippen LogP contribution is 2.33. The summed E-state index contributed by atoms with van der Waals surface area (Å²) in [6.07, 6.45) is 1.57. The summed E-state index contributed by atoms with van der Waals surface area (Å²) < 4.78 is 10.6. The van der Waals surface area contributed by atoms with Crippen LogP contribution in [0.15, 0.2) is 48.7 Å². The van der Waals surface area contributed by atoms with Crippen LogP contribution in [0.25, 0.3) is 10.9 Å². The number of benzene rings is 2. The molecule has 3 rings (SSSR count). The number of nitriles is 1. The Bertz CT molecular complexity index is 900. The van der Waals surface area contributed by atoms with E-state index < -0.39 is 0 Å². The van der Waals surface area contributed by atoms with Gasteiger partial charge in [0.2, 0.25) is 0 Å². The van der Waals surface area contributed by atoms with Crippen molar-refractivity contribution in [1.29, 1.82) is 5.26 Å². The largest absolute Gasteiger partial charge is 0.493 e. The van der Waals surface area contributed by atoms with Crippen LogP contribution in [0, 0.1) is 11.3 Å². The number of hydrogen-bond acceptors (Lipinski definition) is 5. The highest BCUT2D eigenvalue weighted by molar-refractivity contribution is 5.95. The van der Waals surface area contributed by atoms with E-state index in [-0.39, 0.29) is 0 Å². The predicted octanol–water partition coefficient (Wildman–Crippen LogP) is 3.87. The molecule has 0 atom stereocenters. The Morgan fingerprint density at radius 1 is 1.04 bits per heavy atom. The Morgan fingerprint density at radius 2 is 1.83 bits per heavy atom. The molecule has 5 heteroatoms. The molecule has 1 N–H and O–H groups in total. The van der Waals surface area contributed by atoms with Crippen LogP contribution >= 0.6 is 0 Å². The van der Waals surface area contributed by atoms with Gasteiger partial charge in [-0.05, 0) is 18.2 Å². The number of rotatable bonds is 4. The molecule has 0 spiro atoms. The highest BCUT2D eigenvalue weighted by atomic mass is 16.5. The van der Waals surface area contributed by atoms with E-state index in [2.05, 4.69) is 16.4 Å².